The summed E-state index contributed by atoms with van der Waals surface area (Å²) in [4.78, 5) is 12.6. The molecule has 1 aromatic carbocycles. The number of aromatic nitrogens is 3. The number of anilines is 1. The number of amides is 1. The molecule has 1 N–H and O–H groups in total. The van der Waals surface area contributed by atoms with E-state index < -0.39 is 0 Å². The predicted octanol–water partition coefficient (Wildman–Crippen LogP) is 3.65. The predicted molar refractivity (Wildman–Crippen MR) is 97.3 cm³/mol. The van der Waals surface area contributed by atoms with Gasteiger partial charge in [-0.25, -0.2) is 0 Å². The molecule has 26 heavy (non-hydrogen) atoms. The van der Waals surface area contributed by atoms with Crippen LogP contribution in [-0.2, 0) is 13.2 Å². The molecular formula is C19H22N4O3. The molecule has 0 atom stereocenters. The first-order valence-electron chi connectivity index (χ1n) is 8.48. The van der Waals surface area contributed by atoms with Crippen molar-refractivity contribution in [2.24, 2.45) is 0 Å². The van der Waals surface area contributed by atoms with Gasteiger partial charge in [-0.05, 0) is 45.4 Å². The SMILES string of the molecule is CCn1nc(NC(=O)c2noc(C)c2COc2cccc(C)c2)cc1C. The Kier molecular flexibility index (Phi) is 5.06. The van der Waals surface area contributed by atoms with E-state index >= 15 is 0 Å². The zero-order chi connectivity index (χ0) is 18.7. The summed E-state index contributed by atoms with van der Waals surface area (Å²) in [6.07, 6.45) is 0. The smallest absolute Gasteiger partial charge is 0.279 e. The molecule has 3 aromatic rings. The van der Waals surface area contributed by atoms with Crippen molar-refractivity contribution in [3.63, 3.8) is 0 Å². The van der Waals surface area contributed by atoms with Crippen LogP contribution in [0.4, 0.5) is 5.82 Å². The quantitative estimate of drug-likeness (QED) is 0.731. The lowest BCUT2D eigenvalue weighted by atomic mass is 10.2. The number of nitrogens with zero attached hydrogens (tertiary/aromatic N) is 3. The van der Waals surface area contributed by atoms with E-state index in [1.165, 1.54) is 0 Å². The number of ether oxygens (including phenoxy) is 1. The van der Waals surface area contributed by atoms with Crippen LogP contribution in [0.1, 0.15) is 40.0 Å². The fourth-order valence-corrected chi connectivity index (χ4v) is 2.67. The van der Waals surface area contributed by atoms with Gasteiger partial charge in [0.2, 0.25) is 0 Å². The highest BCUT2D eigenvalue weighted by Crippen LogP contribution is 2.20. The summed E-state index contributed by atoms with van der Waals surface area (Å²) in [6, 6.07) is 9.54. The van der Waals surface area contributed by atoms with Gasteiger partial charge in [0.25, 0.3) is 5.91 Å². The van der Waals surface area contributed by atoms with E-state index in [0.717, 1.165) is 23.6 Å². The van der Waals surface area contributed by atoms with Gasteiger partial charge in [0.05, 0.1) is 5.56 Å². The van der Waals surface area contributed by atoms with E-state index in [1.807, 2.05) is 55.8 Å². The summed E-state index contributed by atoms with van der Waals surface area (Å²) in [6.45, 7) is 8.62. The first kappa shape index (κ1) is 17.7. The van der Waals surface area contributed by atoms with Crippen molar-refractivity contribution in [1.82, 2.24) is 14.9 Å². The highest BCUT2D eigenvalue weighted by atomic mass is 16.5. The molecule has 3 rings (SSSR count). The largest absolute Gasteiger partial charge is 0.489 e. The molecule has 0 aliphatic rings. The number of benzene rings is 1. The van der Waals surface area contributed by atoms with Crippen molar-refractivity contribution in [2.45, 2.75) is 40.8 Å². The van der Waals surface area contributed by atoms with Gasteiger partial charge in [-0.3, -0.25) is 9.48 Å². The second-order valence-corrected chi connectivity index (χ2v) is 6.11. The minimum Gasteiger partial charge on any atom is -0.489 e. The third kappa shape index (κ3) is 3.77. The van der Waals surface area contributed by atoms with Gasteiger partial charge in [0.1, 0.15) is 18.1 Å². The number of carbonyl (C=O) groups is 1. The van der Waals surface area contributed by atoms with Gasteiger partial charge < -0.3 is 14.6 Å². The highest BCUT2D eigenvalue weighted by molar-refractivity contribution is 6.03. The topological polar surface area (TPSA) is 82.2 Å². The summed E-state index contributed by atoms with van der Waals surface area (Å²) in [7, 11) is 0. The van der Waals surface area contributed by atoms with E-state index in [-0.39, 0.29) is 18.2 Å². The van der Waals surface area contributed by atoms with Crippen molar-refractivity contribution in [3.8, 4) is 5.75 Å². The molecule has 0 spiro atoms. The van der Waals surface area contributed by atoms with Gasteiger partial charge in [0.15, 0.2) is 11.5 Å². The second kappa shape index (κ2) is 7.43. The van der Waals surface area contributed by atoms with Crippen LogP contribution in [0.15, 0.2) is 34.9 Å². The molecule has 1 amide bonds. The zero-order valence-corrected chi connectivity index (χ0v) is 15.4. The standard InChI is InChI=1S/C19H22N4O3/c1-5-23-13(3)10-17(21-23)20-19(24)18-16(14(4)26-22-18)11-25-15-8-6-7-12(2)9-15/h6-10H,5,11H2,1-4H3,(H,20,21,24). The van der Waals surface area contributed by atoms with E-state index in [9.17, 15) is 4.79 Å². The number of hydrogen-bond donors (Lipinski definition) is 1. The fraction of sp³-hybridized carbons (Fsp3) is 0.316. The van der Waals surface area contributed by atoms with Crippen LogP contribution in [0.5, 0.6) is 5.75 Å². The van der Waals surface area contributed by atoms with Crippen molar-refractivity contribution >= 4 is 11.7 Å². The second-order valence-electron chi connectivity index (χ2n) is 6.11. The molecule has 7 nitrogen and oxygen atoms in total. The average molecular weight is 354 g/mol. The lowest BCUT2D eigenvalue weighted by Crippen LogP contribution is -2.16. The minimum absolute atomic E-state index is 0.198. The van der Waals surface area contributed by atoms with Gasteiger partial charge in [-0.15, -0.1) is 0 Å². The summed E-state index contributed by atoms with van der Waals surface area (Å²) < 4.78 is 12.8. The summed E-state index contributed by atoms with van der Waals surface area (Å²) >= 11 is 0. The number of rotatable bonds is 6. The van der Waals surface area contributed by atoms with E-state index in [4.69, 9.17) is 9.26 Å². The lowest BCUT2D eigenvalue weighted by molar-refractivity contribution is 0.101. The van der Waals surface area contributed by atoms with Crippen molar-refractivity contribution in [2.75, 3.05) is 5.32 Å². The molecule has 0 saturated carbocycles. The highest BCUT2D eigenvalue weighted by Gasteiger charge is 2.21. The first-order chi connectivity index (χ1) is 12.5. The van der Waals surface area contributed by atoms with Crippen LogP contribution < -0.4 is 10.1 Å². The van der Waals surface area contributed by atoms with Gasteiger partial charge in [-0.1, -0.05) is 17.3 Å². The van der Waals surface area contributed by atoms with E-state index in [2.05, 4.69) is 15.6 Å². The molecule has 0 fully saturated rings. The Morgan fingerprint density at radius 3 is 2.77 bits per heavy atom. The monoisotopic (exact) mass is 354 g/mol. The molecule has 7 heteroatoms. The van der Waals surface area contributed by atoms with Gasteiger partial charge in [-0.2, -0.15) is 5.10 Å². The Bertz CT molecular complexity index is 927. The number of nitrogens with one attached hydrogen (secondary N) is 1. The van der Waals surface area contributed by atoms with E-state index in [1.54, 1.807) is 6.92 Å². The van der Waals surface area contributed by atoms with Gasteiger partial charge in [0, 0.05) is 18.3 Å². The molecule has 0 aliphatic heterocycles. The molecule has 2 aromatic heterocycles. The molecule has 0 saturated heterocycles. The van der Waals surface area contributed by atoms with Crippen LogP contribution in [0.25, 0.3) is 0 Å². The average Bonchev–Trinajstić information content (AvgIpc) is 3.15. The van der Waals surface area contributed by atoms with Crippen LogP contribution in [0.3, 0.4) is 0 Å². The Hall–Kier alpha value is -3.09. The van der Waals surface area contributed by atoms with Crippen LogP contribution >= 0.6 is 0 Å². The minimum atomic E-state index is -0.370. The number of carbonyl (C=O) groups excluding carboxylic acids is 1. The molecule has 2 heterocycles. The fourth-order valence-electron chi connectivity index (χ4n) is 2.67. The summed E-state index contributed by atoms with van der Waals surface area (Å²) in [5.74, 6) is 1.40. The van der Waals surface area contributed by atoms with Crippen molar-refractivity contribution in [3.05, 3.63) is 58.6 Å². The Morgan fingerprint density at radius 1 is 1.27 bits per heavy atom. The maximum Gasteiger partial charge on any atom is 0.279 e. The molecule has 136 valence electrons. The van der Waals surface area contributed by atoms with Crippen LogP contribution in [0.2, 0.25) is 0 Å². The Labute approximate surface area is 151 Å². The summed E-state index contributed by atoms with van der Waals surface area (Å²) in [5, 5.41) is 11.0. The van der Waals surface area contributed by atoms with Crippen LogP contribution in [0, 0.1) is 20.8 Å². The van der Waals surface area contributed by atoms with Gasteiger partial charge >= 0.3 is 0 Å². The first-order valence-corrected chi connectivity index (χ1v) is 8.48. The van der Waals surface area contributed by atoms with E-state index in [0.29, 0.717) is 17.1 Å². The lowest BCUT2D eigenvalue weighted by Gasteiger charge is -2.07. The molecule has 0 aliphatic carbocycles. The number of aryl methyl sites for hydroxylation is 4. The molecule has 0 bridgehead atoms. The summed E-state index contributed by atoms with van der Waals surface area (Å²) in [5.41, 5.74) is 2.90. The van der Waals surface area contributed by atoms with Crippen molar-refractivity contribution < 1.29 is 14.1 Å². The van der Waals surface area contributed by atoms with Crippen molar-refractivity contribution in [1.29, 1.82) is 0 Å². The Balaban J connectivity index is 1.74. The third-order valence-electron chi connectivity index (χ3n) is 4.09. The maximum atomic E-state index is 12.6. The van der Waals surface area contributed by atoms with Crippen LogP contribution in [-0.4, -0.2) is 20.8 Å². The zero-order valence-electron chi connectivity index (χ0n) is 15.4. The maximum absolute atomic E-state index is 12.6. The Morgan fingerprint density at radius 2 is 2.08 bits per heavy atom. The third-order valence-corrected chi connectivity index (χ3v) is 4.09. The number of hydrogen-bond acceptors (Lipinski definition) is 5. The molecule has 0 radical (unpaired) electrons. The normalized spacial score (nSPS) is 10.8. The molecule has 0 unspecified atom stereocenters. The molecular weight excluding hydrogens is 332 g/mol.